The van der Waals surface area contributed by atoms with E-state index in [9.17, 15) is 14.7 Å². The number of benzene rings is 1. The minimum atomic E-state index is -0.827. The van der Waals surface area contributed by atoms with E-state index in [0.717, 1.165) is 22.4 Å². The summed E-state index contributed by atoms with van der Waals surface area (Å²) in [7, 11) is 0. The third kappa shape index (κ3) is 3.59. The molecule has 1 aliphatic rings. The largest absolute Gasteiger partial charge is 0.481 e. The highest BCUT2D eigenvalue weighted by Crippen LogP contribution is 2.25. The molecule has 1 saturated heterocycles. The first-order valence-electron chi connectivity index (χ1n) is 7.64. The van der Waals surface area contributed by atoms with Crippen LogP contribution in [0, 0.1) is 32.6 Å². The first-order chi connectivity index (χ1) is 10.3. The summed E-state index contributed by atoms with van der Waals surface area (Å²) in [6, 6.07) is 3.84. The molecule has 5 nitrogen and oxygen atoms in total. The Morgan fingerprint density at radius 1 is 1.18 bits per heavy atom. The maximum Gasteiger partial charge on any atom is 0.321 e. The number of aliphatic carboxylic acids is 1. The van der Waals surface area contributed by atoms with Gasteiger partial charge in [-0.05, 0) is 44.2 Å². The van der Waals surface area contributed by atoms with Crippen molar-refractivity contribution in [2.75, 3.05) is 18.4 Å². The molecule has 0 saturated carbocycles. The summed E-state index contributed by atoms with van der Waals surface area (Å²) in [5.74, 6) is -1.11. The van der Waals surface area contributed by atoms with Gasteiger partial charge in [0.05, 0.1) is 5.92 Å². The minimum Gasteiger partial charge on any atom is -0.481 e. The molecule has 5 heteroatoms. The second-order valence-corrected chi connectivity index (χ2v) is 6.48. The number of rotatable bonds is 2. The molecule has 22 heavy (non-hydrogen) atoms. The van der Waals surface area contributed by atoms with Gasteiger partial charge in [0.15, 0.2) is 0 Å². The van der Waals surface area contributed by atoms with Gasteiger partial charge < -0.3 is 15.3 Å². The van der Waals surface area contributed by atoms with Crippen LogP contribution in [0.4, 0.5) is 10.5 Å². The van der Waals surface area contributed by atoms with Crippen LogP contribution in [0.15, 0.2) is 12.1 Å². The lowest BCUT2D eigenvalue weighted by Gasteiger charge is -2.34. The van der Waals surface area contributed by atoms with Gasteiger partial charge in [0.2, 0.25) is 0 Å². The standard InChI is InChI=1S/C17H24N2O3/c1-10-5-12(3)15(13(4)6-10)18-17(22)19-8-11(2)7-14(9-19)16(20)21/h5-6,11,14H,7-9H2,1-4H3,(H,18,22)(H,20,21). The molecule has 2 N–H and O–H groups in total. The Morgan fingerprint density at radius 3 is 2.32 bits per heavy atom. The van der Waals surface area contributed by atoms with Crippen molar-refractivity contribution >= 4 is 17.7 Å². The SMILES string of the molecule is Cc1cc(C)c(NC(=O)N2CC(C)CC(C(=O)O)C2)c(C)c1. The first-order valence-corrected chi connectivity index (χ1v) is 7.64. The average molecular weight is 304 g/mol. The van der Waals surface area contributed by atoms with Crippen LogP contribution in [0.5, 0.6) is 0 Å². The molecule has 0 aromatic heterocycles. The number of carbonyl (C=O) groups excluding carboxylic acids is 1. The number of piperidine rings is 1. The van der Waals surface area contributed by atoms with Crippen LogP contribution in [0.2, 0.25) is 0 Å². The Kier molecular flexibility index (Phi) is 4.74. The van der Waals surface area contributed by atoms with Gasteiger partial charge in [-0.15, -0.1) is 0 Å². The molecular weight excluding hydrogens is 280 g/mol. The summed E-state index contributed by atoms with van der Waals surface area (Å²) in [5.41, 5.74) is 4.02. The van der Waals surface area contributed by atoms with Gasteiger partial charge >= 0.3 is 12.0 Å². The number of carboxylic acid groups (broad SMARTS) is 1. The molecule has 1 aliphatic heterocycles. The number of nitrogens with zero attached hydrogens (tertiary/aromatic N) is 1. The quantitative estimate of drug-likeness (QED) is 0.881. The van der Waals surface area contributed by atoms with Crippen LogP contribution in [0.25, 0.3) is 0 Å². The van der Waals surface area contributed by atoms with Gasteiger partial charge in [0.1, 0.15) is 0 Å². The molecule has 2 unspecified atom stereocenters. The molecule has 1 aromatic carbocycles. The van der Waals surface area contributed by atoms with E-state index in [2.05, 4.69) is 5.32 Å². The van der Waals surface area contributed by atoms with Crippen LogP contribution in [0.1, 0.15) is 30.0 Å². The predicted octanol–water partition coefficient (Wildman–Crippen LogP) is 3.19. The molecule has 1 aromatic rings. The zero-order chi connectivity index (χ0) is 16.4. The lowest BCUT2D eigenvalue weighted by atomic mass is 9.91. The highest BCUT2D eigenvalue weighted by molar-refractivity contribution is 5.91. The lowest BCUT2D eigenvalue weighted by molar-refractivity contribution is -0.143. The Bertz CT molecular complexity index is 575. The van der Waals surface area contributed by atoms with Crippen molar-refractivity contribution in [1.82, 2.24) is 4.90 Å². The highest BCUT2D eigenvalue weighted by atomic mass is 16.4. The molecular formula is C17H24N2O3. The number of aryl methyl sites for hydroxylation is 3. The van der Waals surface area contributed by atoms with Crippen LogP contribution < -0.4 is 5.32 Å². The number of carbonyl (C=O) groups is 2. The fourth-order valence-electron chi connectivity index (χ4n) is 3.26. The summed E-state index contributed by atoms with van der Waals surface area (Å²) in [5, 5.41) is 12.2. The summed E-state index contributed by atoms with van der Waals surface area (Å²) >= 11 is 0. The molecule has 2 rings (SSSR count). The molecule has 0 spiro atoms. The van der Waals surface area contributed by atoms with E-state index in [-0.39, 0.29) is 18.5 Å². The fraction of sp³-hybridized carbons (Fsp3) is 0.529. The molecule has 2 amide bonds. The van der Waals surface area contributed by atoms with E-state index in [0.29, 0.717) is 13.0 Å². The van der Waals surface area contributed by atoms with E-state index in [1.54, 1.807) is 4.90 Å². The Balaban J connectivity index is 2.13. The van der Waals surface area contributed by atoms with Gasteiger partial charge in [-0.1, -0.05) is 24.6 Å². The van der Waals surface area contributed by atoms with Gasteiger partial charge in [-0.25, -0.2) is 4.79 Å². The maximum atomic E-state index is 12.5. The predicted molar refractivity (Wildman–Crippen MR) is 86.2 cm³/mol. The van der Waals surface area contributed by atoms with Gasteiger partial charge in [-0.2, -0.15) is 0 Å². The van der Waals surface area contributed by atoms with E-state index in [1.165, 1.54) is 0 Å². The Morgan fingerprint density at radius 2 is 1.77 bits per heavy atom. The fourth-order valence-corrected chi connectivity index (χ4v) is 3.26. The monoisotopic (exact) mass is 304 g/mol. The molecule has 0 aliphatic carbocycles. The number of likely N-dealkylation sites (tertiary alicyclic amines) is 1. The molecule has 0 radical (unpaired) electrons. The minimum absolute atomic E-state index is 0.195. The average Bonchev–Trinajstić information content (AvgIpc) is 2.41. The third-order valence-electron chi connectivity index (χ3n) is 4.21. The summed E-state index contributed by atoms with van der Waals surface area (Å²) in [6.07, 6.45) is 0.627. The van der Waals surface area contributed by atoms with Crippen molar-refractivity contribution in [3.05, 3.63) is 28.8 Å². The van der Waals surface area contributed by atoms with Gasteiger partial charge in [-0.3, -0.25) is 4.79 Å². The summed E-state index contributed by atoms with van der Waals surface area (Å²) in [6.45, 7) is 8.81. The van der Waals surface area contributed by atoms with Crippen molar-refractivity contribution in [2.24, 2.45) is 11.8 Å². The van der Waals surface area contributed by atoms with Crippen LogP contribution >= 0.6 is 0 Å². The highest BCUT2D eigenvalue weighted by Gasteiger charge is 2.32. The smallest absolute Gasteiger partial charge is 0.321 e. The van der Waals surface area contributed by atoms with Crippen molar-refractivity contribution < 1.29 is 14.7 Å². The maximum absolute atomic E-state index is 12.5. The van der Waals surface area contributed by atoms with Crippen LogP contribution in [0.3, 0.4) is 0 Å². The zero-order valence-electron chi connectivity index (χ0n) is 13.6. The van der Waals surface area contributed by atoms with Crippen LogP contribution in [-0.4, -0.2) is 35.1 Å². The number of carboxylic acids is 1. The van der Waals surface area contributed by atoms with E-state index < -0.39 is 11.9 Å². The molecule has 0 bridgehead atoms. The van der Waals surface area contributed by atoms with Crippen LogP contribution in [-0.2, 0) is 4.79 Å². The number of amides is 2. The molecule has 120 valence electrons. The topological polar surface area (TPSA) is 69.6 Å². The Hall–Kier alpha value is -2.04. The van der Waals surface area contributed by atoms with Crippen molar-refractivity contribution in [2.45, 2.75) is 34.1 Å². The molecule has 1 heterocycles. The lowest BCUT2D eigenvalue weighted by Crippen LogP contribution is -2.47. The first kappa shape index (κ1) is 16.3. The van der Waals surface area contributed by atoms with Gasteiger partial charge in [0.25, 0.3) is 0 Å². The zero-order valence-corrected chi connectivity index (χ0v) is 13.6. The molecule has 2 atom stereocenters. The van der Waals surface area contributed by atoms with Crippen molar-refractivity contribution in [3.63, 3.8) is 0 Å². The van der Waals surface area contributed by atoms with Crippen molar-refractivity contribution in [3.8, 4) is 0 Å². The van der Waals surface area contributed by atoms with E-state index in [4.69, 9.17) is 0 Å². The number of urea groups is 1. The van der Waals surface area contributed by atoms with Crippen molar-refractivity contribution in [1.29, 1.82) is 0 Å². The number of hydrogen-bond donors (Lipinski definition) is 2. The summed E-state index contributed by atoms with van der Waals surface area (Å²) < 4.78 is 0. The number of anilines is 1. The summed E-state index contributed by atoms with van der Waals surface area (Å²) in [4.78, 5) is 25.3. The van der Waals surface area contributed by atoms with Gasteiger partial charge in [0, 0.05) is 18.8 Å². The second kappa shape index (κ2) is 6.38. The third-order valence-corrected chi connectivity index (χ3v) is 4.21. The second-order valence-electron chi connectivity index (χ2n) is 6.48. The normalized spacial score (nSPS) is 21.5. The number of nitrogens with one attached hydrogen (secondary N) is 1. The van der Waals surface area contributed by atoms with E-state index in [1.807, 2.05) is 39.8 Å². The van der Waals surface area contributed by atoms with E-state index >= 15 is 0 Å². The Labute approximate surface area is 131 Å². The number of hydrogen-bond acceptors (Lipinski definition) is 2. The molecule has 1 fully saturated rings.